The number of hydrogen-bond acceptors (Lipinski definition) is 8. The third-order valence-electron chi connectivity index (χ3n) is 15.1. The molecule has 0 saturated carbocycles. The van der Waals surface area contributed by atoms with E-state index in [1.807, 2.05) is 0 Å². The van der Waals surface area contributed by atoms with Gasteiger partial charge in [-0.2, -0.15) is 0 Å². The summed E-state index contributed by atoms with van der Waals surface area (Å²) in [6.45, 7) is 27.6. The summed E-state index contributed by atoms with van der Waals surface area (Å²) in [6.07, 6.45) is 16.6. The van der Waals surface area contributed by atoms with Crippen LogP contribution in [0.5, 0.6) is 23.0 Å². The SMILES string of the molecule is CCCCCOc1c2cc3cc1Cc1cc(C(C)(C)C)cc(c1OCCCCC)Cc1cc(C(C)(C)C)cc(c1OCCCCC)Cc1cc(cc(c1OCCCCC)C2)CCC(=O)NCCOCCOCCNC(=O)CC3. The fourth-order valence-electron chi connectivity index (χ4n) is 10.6. The zero-order valence-electron chi connectivity index (χ0n) is 50.1. The minimum absolute atomic E-state index is 0.0154. The molecule has 1 heterocycles. The molecule has 0 spiro atoms. The van der Waals surface area contributed by atoms with E-state index in [-0.39, 0.29) is 22.6 Å². The maximum absolute atomic E-state index is 13.6. The molecular formula is C68H100N2O8. The highest BCUT2D eigenvalue weighted by Crippen LogP contribution is 2.43. The van der Waals surface area contributed by atoms with Crippen molar-refractivity contribution in [2.45, 2.75) is 208 Å². The predicted octanol–water partition coefficient (Wildman–Crippen LogP) is 14.4. The molecule has 0 atom stereocenters. The first-order valence-electron chi connectivity index (χ1n) is 30.4. The standard InChI is InChI=1S/C68H100N2O8/c1-11-15-19-29-75-63-51-37-49-23-25-61(71)69-27-33-73-35-36-74-34-28-70-62(72)26-24-50-38-52(41-51)64(76-30-20-16-12-2)54(40-50)43-56-46-60(68(8,9)10)48-58(66(56)78-32-22-18-14-4)44-57-47-59(67(5,6)7)45-55(42-53(63)39-49)65(57)77-31-21-17-13-3/h37-40,45-48H,11-36,41-44H2,1-10H3,(H,69,71)(H,70,72). The normalized spacial score (nSPS) is 15.3. The first-order chi connectivity index (χ1) is 37.6. The number of hydrogen-bond donors (Lipinski definition) is 2. The molecule has 0 saturated heterocycles. The molecule has 2 aliphatic rings. The highest BCUT2D eigenvalue weighted by atomic mass is 16.5. The van der Waals surface area contributed by atoms with Gasteiger partial charge in [0.25, 0.3) is 0 Å². The molecule has 4 aromatic rings. The largest absolute Gasteiger partial charge is 0.493 e. The lowest BCUT2D eigenvalue weighted by Gasteiger charge is -2.28. The summed E-state index contributed by atoms with van der Waals surface area (Å²) in [5, 5.41) is 6.19. The maximum atomic E-state index is 13.6. The van der Waals surface area contributed by atoms with Crippen LogP contribution in [-0.4, -0.2) is 77.8 Å². The van der Waals surface area contributed by atoms with Crippen molar-refractivity contribution in [3.8, 4) is 23.0 Å². The molecule has 10 heteroatoms. The summed E-state index contributed by atoms with van der Waals surface area (Å²) in [6, 6.07) is 18.8. The molecule has 78 heavy (non-hydrogen) atoms. The summed E-state index contributed by atoms with van der Waals surface area (Å²) < 4.78 is 40.3. The number of carbonyl (C=O) groups excluding carboxylic acids is 2. The molecular weight excluding hydrogens is 973 g/mol. The molecule has 6 rings (SSSR count). The van der Waals surface area contributed by atoms with Crippen LogP contribution in [0.1, 0.15) is 226 Å². The Balaban J connectivity index is 1.72. The van der Waals surface area contributed by atoms with Crippen molar-refractivity contribution in [3.63, 3.8) is 0 Å². The second-order valence-corrected chi connectivity index (χ2v) is 24.1. The van der Waals surface area contributed by atoms with Gasteiger partial charge in [0.2, 0.25) is 11.8 Å². The van der Waals surface area contributed by atoms with Crippen molar-refractivity contribution in [1.82, 2.24) is 10.6 Å². The minimum atomic E-state index is -0.160. The highest BCUT2D eigenvalue weighted by Gasteiger charge is 2.28. The van der Waals surface area contributed by atoms with Crippen LogP contribution in [0.25, 0.3) is 0 Å². The van der Waals surface area contributed by atoms with E-state index in [4.69, 9.17) is 28.4 Å². The summed E-state index contributed by atoms with van der Waals surface area (Å²) in [4.78, 5) is 27.2. The number of ether oxygens (including phenoxy) is 6. The van der Waals surface area contributed by atoms with Gasteiger partial charge in [-0.15, -0.1) is 0 Å². The monoisotopic (exact) mass is 1070 g/mol. The van der Waals surface area contributed by atoms with E-state index >= 15 is 0 Å². The Bertz CT molecular complexity index is 2350. The summed E-state index contributed by atoms with van der Waals surface area (Å²) in [7, 11) is 0. The Morgan fingerprint density at radius 2 is 0.654 bits per heavy atom. The first kappa shape index (κ1) is 62.1. The number of benzene rings is 4. The minimum Gasteiger partial charge on any atom is -0.493 e. The Morgan fingerprint density at radius 1 is 0.385 bits per heavy atom. The Hall–Kier alpha value is -5.06. The number of aryl methyl sites for hydroxylation is 2. The van der Waals surface area contributed by atoms with Crippen LogP contribution in [0.4, 0.5) is 0 Å². The van der Waals surface area contributed by atoms with Crippen molar-refractivity contribution in [3.05, 3.63) is 115 Å². The fourth-order valence-corrected chi connectivity index (χ4v) is 10.6. The summed E-state index contributed by atoms with van der Waals surface area (Å²) in [5.41, 5.74) is 13.2. The van der Waals surface area contributed by atoms with Crippen molar-refractivity contribution in [2.24, 2.45) is 0 Å². The van der Waals surface area contributed by atoms with Gasteiger partial charge in [0.1, 0.15) is 23.0 Å². The van der Waals surface area contributed by atoms with E-state index in [0.717, 1.165) is 156 Å². The van der Waals surface area contributed by atoms with Gasteiger partial charge in [-0.25, -0.2) is 0 Å². The predicted molar refractivity (Wildman–Crippen MR) is 319 cm³/mol. The van der Waals surface area contributed by atoms with Crippen LogP contribution < -0.4 is 29.6 Å². The number of rotatable bonds is 20. The van der Waals surface area contributed by atoms with Crippen LogP contribution in [0.2, 0.25) is 0 Å². The van der Waals surface area contributed by atoms with Crippen molar-refractivity contribution < 1.29 is 38.0 Å². The van der Waals surface area contributed by atoms with Crippen LogP contribution in [0.3, 0.4) is 0 Å². The molecule has 0 unspecified atom stereocenters. The Morgan fingerprint density at radius 3 is 0.910 bits per heavy atom. The van der Waals surface area contributed by atoms with Crippen molar-refractivity contribution in [2.75, 3.05) is 65.9 Å². The molecule has 1 aliphatic carbocycles. The van der Waals surface area contributed by atoms with Gasteiger partial charge in [-0.05, 0) is 116 Å². The summed E-state index contributed by atoms with van der Waals surface area (Å²) in [5.74, 6) is 3.64. The molecule has 0 fully saturated rings. The van der Waals surface area contributed by atoms with Gasteiger partial charge in [-0.3, -0.25) is 9.59 Å². The Labute approximate surface area is 471 Å². The maximum Gasteiger partial charge on any atom is 0.220 e. The van der Waals surface area contributed by atoms with Crippen LogP contribution >= 0.6 is 0 Å². The lowest BCUT2D eigenvalue weighted by atomic mass is 9.80. The van der Waals surface area contributed by atoms with Gasteiger partial charge in [-0.1, -0.05) is 169 Å². The lowest BCUT2D eigenvalue weighted by Crippen LogP contribution is -2.28. The third kappa shape index (κ3) is 19.3. The van der Waals surface area contributed by atoms with E-state index in [0.29, 0.717) is 117 Å². The van der Waals surface area contributed by atoms with E-state index in [1.54, 1.807) is 0 Å². The first-order valence-corrected chi connectivity index (χ1v) is 30.4. The van der Waals surface area contributed by atoms with Crippen LogP contribution in [-0.2, 0) is 68.4 Å². The molecule has 10 bridgehead atoms. The zero-order chi connectivity index (χ0) is 55.9. The summed E-state index contributed by atoms with van der Waals surface area (Å²) >= 11 is 0. The fraction of sp³-hybridized carbons (Fsp3) is 0.618. The molecule has 430 valence electrons. The number of carbonyl (C=O) groups is 2. The topological polar surface area (TPSA) is 114 Å². The molecule has 10 nitrogen and oxygen atoms in total. The van der Waals surface area contributed by atoms with Crippen LogP contribution in [0, 0.1) is 0 Å². The van der Waals surface area contributed by atoms with E-state index in [2.05, 4.69) is 128 Å². The van der Waals surface area contributed by atoms with Crippen molar-refractivity contribution in [1.29, 1.82) is 0 Å². The molecule has 1 aliphatic heterocycles. The van der Waals surface area contributed by atoms with E-state index in [1.165, 1.54) is 11.1 Å². The van der Waals surface area contributed by atoms with E-state index in [9.17, 15) is 9.59 Å². The molecule has 2 amide bonds. The smallest absolute Gasteiger partial charge is 0.220 e. The van der Waals surface area contributed by atoms with Crippen molar-refractivity contribution >= 4 is 11.8 Å². The van der Waals surface area contributed by atoms with Gasteiger partial charge >= 0.3 is 0 Å². The van der Waals surface area contributed by atoms with Crippen LogP contribution in [0.15, 0.2) is 48.5 Å². The second-order valence-electron chi connectivity index (χ2n) is 24.1. The number of unbranched alkanes of at least 4 members (excludes halogenated alkanes) is 8. The molecule has 4 aromatic carbocycles. The number of amides is 2. The number of fused-ring (bicyclic) bond motifs is 8. The number of nitrogens with one attached hydrogen (secondary N) is 2. The highest BCUT2D eigenvalue weighted by molar-refractivity contribution is 5.76. The van der Waals surface area contributed by atoms with Gasteiger partial charge in [0.05, 0.1) is 52.9 Å². The average molecular weight is 1070 g/mol. The lowest BCUT2D eigenvalue weighted by molar-refractivity contribution is -0.122. The Kier molecular flexibility index (Phi) is 25.2. The average Bonchev–Trinajstić information content (AvgIpc) is 3.44. The molecule has 0 radical (unpaired) electrons. The third-order valence-corrected chi connectivity index (χ3v) is 15.1. The van der Waals surface area contributed by atoms with Gasteiger partial charge < -0.3 is 39.1 Å². The van der Waals surface area contributed by atoms with Gasteiger partial charge in [0.15, 0.2) is 0 Å². The second kappa shape index (κ2) is 31.7. The molecule has 0 aromatic heterocycles. The van der Waals surface area contributed by atoms with E-state index < -0.39 is 0 Å². The zero-order valence-corrected chi connectivity index (χ0v) is 50.1. The quantitative estimate of drug-likeness (QED) is 0.0741. The molecule has 2 N–H and O–H groups in total. The van der Waals surface area contributed by atoms with Gasteiger partial charge in [0, 0.05) is 51.6 Å².